The fourth-order valence-corrected chi connectivity index (χ4v) is 3.06. The summed E-state index contributed by atoms with van der Waals surface area (Å²) in [5, 5.41) is 2.85. The van der Waals surface area contributed by atoms with Crippen LogP contribution in [0.3, 0.4) is 0 Å². The molecule has 0 bridgehead atoms. The Morgan fingerprint density at radius 2 is 1.89 bits per heavy atom. The molecule has 0 atom stereocenters. The van der Waals surface area contributed by atoms with Gasteiger partial charge in [-0.05, 0) is 51.1 Å². The van der Waals surface area contributed by atoms with Crippen molar-refractivity contribution in [1.82, 2.24) is 18.9 Å². The number of aryl methyl sites for hydroxylation is 1. The van der Waals surface area contributed by atoms with E-state index in [2.05, 4.69) is 39.9 Å². The van der Waals surface area contributed by atoms with Gasteiger partial charge in [-0.1, -0.05) is 12.1 Å². The first-order valence-corrected chi connectivity index (χ1v) is 8.93. The number of imidazole rings is 1. The number of rotatable bonds is 4. The van der Waals surface area contributed by atoms with Gasteiger partial charge in [-0.25, -0.2) is 9.97 Å². The molecule has 6 heteroatoms. The van der Waals surface area contributed by atoms with Crippen molar-refractivity contribution >= 4 is 17.2 Å². The van der Waals surface area contributed by atoms with Gasteiger partial charge in [0.05, 0.1) is 5.52 Å². The summed E-state index contributed by atoms with van der Waals surface area (Å²) in [6, 6.07) is 13.6. The molecule has 136 valence electrons. The highest BCUT2D eigenvalue weighted by Gasteiger charge is 2.19. The van der Waals surface area contributed by atoms with Crippen LogP contribution in [0.1, 0.15) is 36.1 Å². The molecule has 0 aliphatic carbocycles. The predicted molar refractivity (Wildman–Crippen MR) is 106 cm³/mol. The number of fused-ring (bicyclic) bond motifs is 1. The second kappa shape index (κ2) is 6.72. The third kappa shape index (κ3) is 3.21. The second-order valence-electron chi connectivity index (χ2n) is 6.80. The molecular weight excluding hydrogens is 338 g/mol. The SMILES string of the molecule is Cc1cccc(NC(=O)c2nc(-c3ccn(C(C)C)c3)n3ccccc23)n1. The van der Waals surface area contributed by atoms with Crippen LogP contribution in [0.2, 0.25) is 0 Å². The summed E-state index contributed by atoms with van der Waals surface area (Å²) in [4.78, 5) is 21.9. The molecule has 0 aromatic carbocycles. The van der Waals surface area contributed by atoms with Gasteiger partial charge in [-0.15, -0.1) is 0 Å². The van der Waals surface area contributed by atoms with E-state index >= 15 is 0 Å². The Morgan fingerprint density at radius 3 is 2.63 bits per heavy atom. The van der Waals surface area contributed by atoms with E-state index in [1.165, 1.54) is 0 Å². The van der Waals surface area contributed by atoms with Crippen molar-refractivity contribution in [3.05, 3.63) is 72.4 Å². The van der Waals surface area contributed by atoms with Crippen molar-refractivity contribution in [1.29, 1.82) is 0 Å². The number of nitrogens with zero attached hydrogens (tertiary/aromatic N) is 4. The van der Waals surface area contributed by atoms with E-state index < -0.39 is 0 Å². The molecule has 1 amide bonds. The number of aromatic nitrogens is 4. The first kappa shape index (κ1) is 17.0. The lowest BCUT2D eigenvalue weighted by Gasteiger charge is -2.05. The zero-order valence-electron chi connectivity index (χ0n) is 15.5. The number of nitrogens with one attached hydrogen (secondary N) is 1. The van der Waals surface area contributed by atoms with E-state index in [4.69, 9.17) is 0 Å². The van der Waals surface area contributed by atoms with E-state index in [0.717, 1.165) is 22.6 Å². The van der Waals surface area contributed by atoms with Crippen LogP contribution in [-0.2, 0) is 0 Å². The second-order valence-corrected chi connectivity index (χ2v) is 6.80. The largest absolute Gasteiger partial charge is 0.351 e. The highest BCUT2D eigenvalue weighted by Crippen LogP contribution is 2.25. The molecule has 0 radical (unpaired) electrons. The summed E-state index contributed by atoms with van der Waals surface area (Å²) in [6.45, 7) is 6.14. The number of amides is 1. The van der Waals surface area contributed by atoms with Crippen molar-refractivity contribution in [2.75, 3.05) is 5.32 Å². The van der Waals surface area contributed by atoms with Crippen molar-refractivity contribution in [3.63, 3.8) is 0 Å². The molecule has 0 saturated carbocycles. The minimum atomic E-state index is -0.272. The summed E-state index contributed by atoms with van der Waals surface area (Å²) in [6.07, 6.45) is 6.00. The fourth-order valence-electron chi connectivity index (χ4n) is 3.06. The lowest BCUT2D eigenvalue weighted by molar-refractivity contribution is 0.102. The third-order valence-corrected chi connectivity index (χ3v) is 4.46. The van der Waals surface area contributed by atoms with Crippen LogP contribution >= 0.6 is 0 Å². The first-order valence-electron chi connectivity index (χ1n) is 8.93. The minimum absolute atomic E-state index is 0.272. The molecule has 4 aromatic rings. The van der Waals surface area contributed by atoms with Crippen LogP contribution < -0.4 is 5.32 Å². The molecule has 4 aromatic heterocycles. The van der Waals surface area contributed by atoms with Gasteiger partial charge in [0.25, 0.3) is 5.91 Å². The third-order valence-electron chi connectivity index (χ3n) is 4.46. The van der Waals surface area contributed by atoms with Crippen molar-refractivity contribution in [3.8, 4) is 11.4 Å². The molecule has 27 heavy (non-hydrogen) atoms. The number of hydrogen-bond acceptors (Lipinski definition) is 3. The molecule has 6 nitrogen and oxygen atoms in total. The van der Waals surface area contributed by atoms with Gasteiger partial charge in [-0.2, -0.15) is 0 Å². The Hall–Kier alpha value is -3.41. The molecule has 4 rings (SSSR count). The average molecular weight is 359 g/mol. The van der Waals surface area contributed by atoms with Crippen molar-refractivity contribution in [2.45, 2.75) is 26.8 Å². The average Bonchev–Trinajstić information content (AvgIpc) is 3.26. The van der Waals surface area contributed by atoms with Crippen molar-refractivity contribution in [2.24, 2.45) is 0 Å². The van der Waals surface area contributed by atoms with Gasteiger partial charge in [0.2, 0.25) is 0 Å². The molecule has 0 aliphatic rings. The van der Waals surface area contributed by atoms with Crippen LogP contribution in [0.5, 0.6) is 0 Å². The number of hydrogen-bond donors (Lipinski definition) is 1. The molecule has 0 spiro atoms. The number of anilines is 1. The molecule has 0 fully saturated rings. The topological polar surface area (TPSA) is 64.2 Å². The summed E-state index contributed by atoms with van der Waals surface area (Å²) >= 11 is 0. The van der Waals surface area contributed by atoms with Crippen LogP contribution in [0.4, 0.5) is 5.82 Å². The van der Waals surface area contributed by atoms with E-state index in [0.29, 0.717) is 17.6 Å². The van der Waals surface area contributed by atoms with Crippen LogP contribution in [0.25, 0.3) is 16.9 Å². The van der Waals surface area contributed by atoms with Crippen LogP contribution in [0, 0.1) is 6.92 Å². The van der Waals surface area contributed by atoms with Gasteiger partial charge >= 0.3 is 0 Å². The minimum Gasteiger partial charge on any atom is -0.351 e. The fraction of sp³-hybridized carbons (Fsp3) is 0.190. The van der Waals surface area contributed by atoms with E-state index in [1.807, 2.05) is 60.1 Å². The standard InChI is InChI=1S/C21H21N5O/c1-14(2)25-12-10-16(13-25)20-24-19(17-8-4-5-11-26(17)20)21(27)23-18-9-6-7-15(3)22-18/h4-14H,1-3H3,(H,22,23,27). The lowest BCUT2D eigenvalue weighted by Crippen LogP contribution is -2.14. The zero-order chi connectivity index (χ0) is 19.0. The van der Waals surface area contributed by atoms with Gasteiger partial charge in [0.1, 0.15) is 11.6 Å². The molecular formula is C21H21N5O. The van der Waals surface area contributed by atoms with E-state index in [-0.39, 0.29) is 5.91 Å². The van der Waals surface area contributed by atoms with Gasteiger partial charge in [0, 0.05) is 35.9 Å². The number of pyridine rings is 2. The molecule has 1 N–H and O–H groups in total. The van der Waals surface area contributed by atoms with Crippen LogP contribution in [-0.4, -0.2) is 24.8 Å². The lowest BCUT2D eigenvalue weighted by atomic mass is 10.3. The van der Waals surface area contributed by atoms with E-state index in [1.54, 1.807) is 6.07 Å². The molecule has 0 unspecified atom stereocenters. The summed E-state index contributed by atoms with van der Waals surface area (Å²) in [7, 11) is 0. The maximum Gasteiger partial charge on any atom is 0.277 e. The maximum atomic E-state index is 12.9. The highest BCUT2D eigenvalue weighted by molar-refractivity contribution is 6.07. The highest BCUT2D eigenvalue weighted by atomic mass is 16.2. The summed E-state index contributed by atoms with van der Waals surface area (Å²) in [5.41, 5.74) is 2.96. The first-order chi connectivity index (χ1) is 13.0. The zero-order valence-corrected chi connectivity index (χ0v) is 15.5. The predicted octanol–water partition coefficient (Wildman–Crippen LogP) is 4.34. The molecule has 0 aliphatic heterocycles. The Balaban J connectivity index is 1.76. The molecule has 0 saturated heterocycles. The van der Waals surface area contributed by atoms with Gasteiger partial charge in [-0.3, -0.25) is 9.20 Å². The van der Waals surface area contributed by atoms with Crippen molar-refractivity contribution < 1.29 is 4.79 Å². The number of carbonyl (C=O) groups is 1. The Morgan fingerprint density at radius 1 is 1.04 bits per heavy atom. The monoisotopic (exact) mass is 359 g/mol. The van der Waals surface area contributed by atoms with Gasteiger partial charge < -0.3 is 9.88 Å². The normalized spacial score (nSPS) is 11.3. The summed E-state index contributed by atoms with van der Waals surface area (Å²) in [5.74, 6) is 0.989. The molecule has 4 heterocycles. The Kier molecular flexibility index (Phi) is 4.24. The summed E-state index contributed by atoms with van der Waals surface area (Å²) < 4.78 is 4.06. The Labute approximate surface area is 157 Å². The Bertz CT molecular complexity index is 1120. The quantitative estimate of drug-likeness (QED) is 0.589. The smallest absolute Gasteiger partial charge is 0.277 e. The van der Waals surface area contributed by atoms with Gasteiger partial charge in [0.15, 0.2) is 5.69 Å². The van der Waals surface area contributed by atoms with Crippen LogP contribution in [0.15, 0.2) is 61.1 Å². The maximum absolute atomic E-state index is 12.9. The van der Waals surface area contributed by atoms with E-state index in [9.17, 15) is 4.79 Å². The number of carbonyl (C=O) groups excluding carboxylic acids is 1.